The second kappa shape index (κ2) is 4.67. The molecule has 6 nitrogen and oxygen atoms in total. The molecule has 0 radical (unpaired) electrons. The summed E-state index contributed by atoms with van der Waals surface area (Å²) in [6.07, 6.45) is 1.75. The van der Waals surface area contributed by atoms with Crippen molar-refractivity contribution in [3.63, 3.8) is 0 Å². The minimum absolute atomic E-state index is 0.394. The highest BCUT2D eigenvalue weighted by Gasteiger charge is 2.20. The number of thiophene rings is 1. The molecule has 0 atom stereocenters. The number of pyridine rings is 1. The van der Waals surface area contributed by atoms with E-state index >= 15 is 0 Å². The first-order valence-electron chi connectivity index (χ1n) is 6.11. The normalized spacial score (nSPS) is 15.9. The van der Waals surface area contributed by atoms with Gasteiger partial charge in [0.05, 0.1) is 16.8 Å². The molecule has 0 bridgehead atoms. The topological polar surface area (TPSA) is 97.3 Å². The Morgan fingerprint density at radius 3 is 2.84 bits per heavy atom. The van der Waals surface area contributed by atoms with Gasteiger partial charge in [-0.25, -0.2) is 4.98 Å². The van der Waals surface area contributed by atoms with Crippen molar-refractivity contribution in [2.75, 3.05) is 36.8 Å². The van der Waals surface area contributed by atoms with Gasteiger partial charge in [-0.1, -0.05) is 0 Å². The van der Waals surface area contributed by atoms with E-state index < -0.39 is 5.91 Å². The molecule has 5 N–H and O–H groups in total. The largest absolute Gasteiger partial charge is 0.397 e. The number of amides is 1. The highest BCUT2D eigenvalue weighted by Crippen LogP contribution is 2.38. The molecular formula is C12H15N5OS. The standard InChI is InChI=1S/C12H15N5OS/c13-9-8-7(17-5-3-15-4-6-17)1-2-16-12(8)19-10(9)11(14)18/h1-2,15H,3-6,13H2,(H2,14,18). The monoisotopic (exact) mass is 277 g/mol. The Hall–Kier alpha value is -1.86. The van der Waals surface area contributed by atoms with Gasteiger partial charge in [-0.2, -0.15) is 0 Å². The van der Waals surface area contributed by atoms with Crippen molar-refractivity contribution >= 4 is 38.8 Å². The number of hydrogen-bond acceptors (Lipinski definition) is 6. The van der Waals surface area contributed by atoms with Crippen molar-refractivity contribution in [2.24, 2.45) is 5.73 Å². The van der Waals surface area contributed by atoms with E-state index in [2.05, 4.69) is 15.2 Å². The summed E-state index contributed by atoms with van der Waals surface area (Å²) in [7, 11) is 0. The maximum Gasteiger partial charge on any atom is 0.260 e. The summed E-state index contributed by atoms with van der Waals surface area (Å²) in [5.41, 5.74) is 12.9. The predicted molar refractivity (Wildman–Crippen MR) is 77.6 cm³/mol. The van der Waals surface area contributed by atoms with Crippen molar-refractivity contribution in [3.05, 3.63) is 17.1 Å². The molecule has 2 aromatic rings. The maximum atomic E-state index is 11.4. The average molecular weight is 277 g/mol. The van der Waals surface area contributed by atoms with E-state index in [9.17, 15) is 4.79 Å². The van der Waals surface area contributed by atoms with E-state index in [1.807, 2.05) is 6.07 Å². The first-order valence-corrected chi connectivity index (χ1v) is 6.92. The average Bonchev–Trinajstić information content (AvgIpc) is 2.78. The van der Waals surface area contributed by atoms with Crippen molar-refractivity contribution in [3.8, 4) is 0 Å². The number of aromatic nitrogens is 1. The zero-order valence-electron chi connectivity index (χ0n) is 10.3. The van der Waals surface area contributed by atoms with E-state index in [-0.39, 0.29) is 0 Å². The first kappa shape index (κ1) is 12.2. The second-order valence-electron chi connectivity index (χ2n) is 4.46. The molecule has 100 valence electrons. The molecule has 3 rings (SSSR count). The third kappa shape index (κ3) is 2.00. The minimum atomic E-state index is -0.494. The van der Waals surface area contributed by atoms with Gasteiger partial charge in [0.1, 0.15) is 9.71 Å². The van der Waals surface area contributed by atoms with Gasteiger partial charge in [-0.05, 0) is 6.07 Å². The van der Waals surface area contributed by atoms with E-state index in [0.29, 0.717) is 10.6 Å². The van der Waals surface area contributed by atoms with Gasteiger partial charge >= 0.3 is 0 Å². The smallest absolute Gasteiger partial charge is 0.260 e. The van der Waals surface area contributed by atoms with Gasteiger partial charge in [0.2, 0.25) is 0 Å². The van der Waals surface area contributed by atoms with Crippen LogP contribution in [0.25, 0.3) is 10.2 Å². The molecule has 0 spiro atoms. The number of piperazine rings is 1. The lowest BCUT2D eigenvalue weighted by Gasteiger charge is -2.30. The van der Waals surface area contributed by atoms with Crippen LogP contribution < -0.4 is 21.7 Å². The van der Waals surface area contributed by atoms with Crippen LogP contribution in [0.2, 0.25) is 0 Å². The van der Waals surface area contributed by atoms with E-state index in [1.165, 1.54) is 11.3 Å². The minimum Gasteiger partial charge on any atom is -0.397 e. The summed E-state index contributed by atoms with van der Waals surface area (Å²) in [4.78, 5) is 19.1. The molecule has 0 aliphatic carbocycles. The van der Waals surface area contributed by atoms with Crippen LogP contribution in [0, 0.1) is 0 Å². The summed E-state index contributed by atoms with van der Waals surface area (Å²) < 4.78 is 0. The Balaban J connectivity index is 2.16. The summed E-state index contributed by atoms with van der Waals surface area (Å²) in [6.45, 7) is 3.72. The number of rotatable bonds is 2. The van der Waals surface area contributed by atoms with Crippen molar-refractivity contribution in [2.45, 2.75) is 0 Å². The number of carbonyl (C=O) groups excluding carboxylic acids is 1. The maximum absolute atomic E-state index is 11.4. The quantitative estimate of drug-likeness (QED) is 0.737. The predicted octanol–water partition coefficient (Wildman–Crippen LogP) is 0.387. The molecule has 1 aliphatic heterocycles. The number of primary amides is 1. The second-order valence-corrected chi connectivity index (χ2v) is 5.46. The lowest BCUT2D eigenvalue weighted by molar-refractivity contribution is 0.100. The zero-order valence-corrected chi connectivity index (χ0v) is 11.2. The number of anilines is 2. The number of nitrogen functional groups attached to an aromatic ring is 1. The van der Waals surface area contributed by atoms with Crippen LogP contribution in [0.5, 0.6) is 0 Å². The third-order valence-electron chi connectivity index (χ3n) is 3.29. The fourth-order valence-electron chi connectivity index (χ4n) is 2.38. The Bertz CT molecular complexity index is 632. The van der Waals surface area contributed by atoms with Crippen LogP contribution in [0.1, 0.15) is 9.67 Å². The number of nitrogens with one attached hydrogen (secondary N) is 1. The molecule has 1 saturated heterocycles. The number of carbonyl (C=O) groups is 1. The fourth-order valence-corrected chi connectivity index (χ4v) is 3.32. The molecule has 0 aromatic carbocycles. The van der Waals surface area contributed by atoms with E-state index in [4.69, 9.17) is 11.5 Å². The van der Waals surface area contributed by atoms with Gasteiger partial charge in [-0.3, -0.25) is 4.79 Å². The molecule has 7 heteroatoms. The van der Waals surface area contributed by atoms with Crippen molar-refractivity contribution in [1.29, 1.82) is 0 Å². The molecule has 19 heavy (non-hydrogen) atoms. The van der Waals surface area contributed by atoms with Crippen LogP contribution in [-0.2, 0) is 0 Å². The lowest BCUT2D eigenvalue weighted by atomic mass is 10.2. The number of fused-ring (bicyclic) bond motifs is 1. The van der Waals surface area contributed by atoms with E-state index in [0.717, 1.165) is 42.1 Å². The molecule has 0 saturated carbocycles. The number of nitrogens with two attached hydrogens (primary N) is 2. The molecule has 3 heterocycles. The Labute approximate surface area is 114 Å². The molecule has 1 amide bonds. The third-order valence-corrected chi connectivity index (χ3v) is 4.42. The van der Waals surface area contributed by atoms with Crippen LogP contribution in [-0.4, -0.2) is 37.1 Å². The summed E-state index contributed by atoms with van der Waals surface area (Å²) in [5, 5.41) is 4.16. The summed E-state index contributed by atoms with van der Waals surface area (Å²) in [5.74, 6) is -0.494. The molecule has 1 fully saturated rings. The van der Waals surface area contributed by atoms with Gasteiger partial charge in [0.15, 0.2) is 0 Å². The SMILES string of the molecule is NC(=O)c1sc2nccc(N3CCNCC3)c2c1N. The van der Waals surface area contributed by atoms with Crippen molar-refractivity contribution in [1.82, 2.24) is 10.3 Å². The molecule has 2 aromatic heterocycles. The van der Waals surface area contributed by atoms with Crippen LogP contribution in [0.15, 0.2) is 12.3 Å². The number of nitrogens with zero attached hydrogens (tertiary/aromatic N) is 2. The highest BCUT2D eigenvalue weighted by molar-refractivity contribution is 7.21. The van der Waals surface area contributed by atoms with E-state index in [1.54, 1.807) is 6.20 Å². The Morgan fingerprint density at radius 2 is 2.16 bits per heavy atom. The lowest BCUT2D eigenvalue weighted by Crippen LogP contribution is -2.43. The van der Waals surface area contributed by atoms with Crippen molar-refractivity contribution < 1.29 is 4.79 Å². The van der Waals surface area contributed by atoms with Crippen LogP contribution in [0.4, 0.5) is 11.4 Å². The first-order chi connectivity index (χ1) is 9.18. The molecule has 0 unspecified atom stereocenters. The van der Waals surface area contributed by atoms with Crippen LogP contribution in [0.3, 0.4) is 0 Å². The van der Waals surface area contributed by atoms with Gasteiger partial charge < -0.3 is 21.7 Å². The molecular weight excluding hydrogens is 262 g/mol. The summed E-state index contributed by atoms with van der Waals surface area (Å²) >= 11 is 1.26. The Kier molecular flexibility index (Phi) is 3.00. The number of hydrogen-bond donors (Lipinski definition) is 3. The summed E-state index contributed by atoms with van der Waals surface area (Å²) in [6, 6.07) is 1.95. The van der Waals surface area contributed by atoms with Gasteiger partial charge in [0.25, 0.3) is 5.91 Å². The zero-order chi connectivity index (χ0) is 13.4. The van der Waals surface area contributed by atoms with Crippen LogP contribution >= 0.6 is 11.3 Å². The van der Waals surface area contributed by atoms with Gasteiger partial charge in [0, 0.05) is 32.4 Å². The molecule has 1 aliphatic rings. The van der Waals surface area contributed by atoms with Gasteiger partial charge in [-0.15, -0.1) is 11.3 Å². The highest BCUT2D eigenvalue weighted by atomic mass is 32.1. The fraction of sp³-hybridized carbons (Fsp3) is 0.333. The Morgan fingerprint density at radius 1 is 1.42 bits per heavy atom.